The Bertz CT molecular complexity index is 798. The fourth-order valence-electron chi connectivity index (χ4n) is 1.86. The molecule has 0 saturated carbocycles. The molecule has 0 radical (unpaired) electrons. The van der Waals surface area contributed by atoms with Crippen LogP contribution in [0.25, 0.3) is 11.0 Å². The lowest BCUT2D eigenvalue weighted by atomic mass is 10.2. The number of nitrogens with one attached hydrogen (secondary N) is 1. The van der Waals surface area contributed by atoms with Gasteiger partial charge in [-0.3, -0.25) is 10.2 Å². The van der Waals surface area contributed by atoms with Gasteiger partial charge in [-0.1, -0.05) is 12.1 Å². The van der Waals surface area contributed by atoms with Crippen LogP contribution in [0.1, 0.15) is 10.4 Å². The van der Waals surface area contributed by atoms with Gasteiger partial charge in [0.05, 0.1) is 11.0 Å². The highest BCUT2D eigenvalue weighted by Gasteiger charge is 2.11. The lowest BCUT2D eigenvalue weighted by Gasteiger charge is -2.07. The van der Waals surface area contributed by atoms with Gasteiger partial charge in [-0.25, -0.2) is 18.4 Å². The lowest BCUT2D eigenvalue weighted by molar-refractivity contribution is 0.101. The number of hydrogen-bond donors (Lipinski definition) is 1. The van der Waals surface area contributed by atoms with Crippen LogP contribution in [0.2, 0.25) is 0 Å². The molecule has 0 bridgehead atoms. The van der Waals surface area contributed by atoms with Gasteiger partial charge in [0.1, 0.15) is 6.33 Å². The fourth-order valence-corrected chi connectivity index (χ4v) is 1.86. The van der Waals surface area contributed by atoms with Gasteiger partial charge in [0.15, 0.2) is 11.6 Å². The third kappa shape index (κ3) is 2.11. The molecule has 1 N–H and O–H groups in total. The maximum Gasteiger partial charge on any atom is 0.270 e. The fraction of sp³-hybridized carbons (Fsp3) is 0. The van der Waals surface area contributed by atoms with Gasteiger partial charge in [0, 0.05) is 5.56 Å². The molecular formula is C14H9F2N3O. The summed E-state index contributed by atoms with van der Waals surface area (Å²) in [7, 11) is 0. The van der Waals surface area contributed by atoms with E-state index in [1.54, 1.807) is 12.1 Å². The third-order valence-electron chi connectivity index (χ3n) is 2.86. The first kappa shape index (κ1) is 12.3. The number of rotatable bonds is 2. The lowest BCUT2D eigenvalue weighted by Crippen LogP contribution is -2.22. The first-order valence-electron chi connectivity index (χ1n) is 5.83. The van der Waals surface area contributed by atoms with Crippen molar-refractivity contribution in [1.29, 1.82) is 0 Å². The SMILES string of the molecule is O=C(Nn1cnc2ccccc21)c1ccc(F)c(F)c1. The molecule has 0 aliphatic rings. The van der Waals surface area contributed by atoms with Crippen LogP contribution in [-0.2, 0) is 0 Å². The van der Waals surface area contributed by atoms with E-state index in [0.717, 1.165) is 17.6 Å². The Kier molecular flexibility index (Phi) is 2.90. The Morgan fingerprint density at radius 2 is 1.90 bits per heavy atom. The summed E-state index contributed by atoms with van der Waals surface area (Å²) < 4.78 is 27.4. The topological polar surface area (TPSA) is 46.9 Å². The number of benzene rings is 2. The summed E-state index contributed by atoms with van der Waals surface area (Å²) in [6, 6.07) is 10.2. The standard InChI is InChI=1S/C14H9F2N3O/c15-10-6-5-9(7-11(10)16)14(20)18-19-8-17-12-3-1-2-4-13(12)19/h1-8H,(H,18,20). The zero-order valence-electron chi connectivity index (χ0n) is 10.2. The maximum absolute atomic E-state index is 13.1. The molecular weight excluding hydrogens is 264 g/mol. The number of fused-ring (bicyclic) bond motifs is 1. The molecule has 100 valence electrons. The van der Waals surface area contributed by atoms with Crippen molar-refractivity contribution in [3.8, 4) is 0 Å². The number of carbonyl (C=O) groups excluding carboxylic acids is 1. The Morgan fingerprint density at radius 3 is 2.70 bits per heavy atom. The zero-order valence-corrected chi connectivity index (χ0v) is 10.2. The first-order chi connectivity index (χ1) is 9.65. The van der Waals surface area contributed by atoms with Crippen molar-refractivity contribution in [2.75, 3.05) is 5.43 Å². The second-order valence-electron chi connectivity index (χ2n) is 4.17. The molecule has 0 aliphatic carbocycles. The molecule has 0 saturated heterocycles. The van der Waals surface area contributed by atoms with E-state index >= 15 is 0 Å². The molecule has 1 amide bonds. The molecule has 1 aromatic heterocycles. The largest absolute Gasteiger partial charge is 0.270 e. The number of para-hydroxylation sites is 2. The van der Waals surface area contributed by atoms with Crippen LogP contribution in [0, 0.1) is 11.6 Å². The minimum atomic E-state index is -1.06. The Balaban J connectivity index is 1.90. The molecule has 0 atom stereocenters. The van der Waals surface area contributed by atoms with E-state index in [1.807, 2.05) is 12.1 Å². The van der Waals surface area contributed by atoms with Gasteiger partial charge >= 0.3 is 0 Å². The highest BCUT2D eigenvalue weighted by molar-refractivity contribution is 6.00. The summed E-state index contributed by atoms with van der Waals surface area (Å²) in [6.45, 7) is 0. The summed E-state index contributed by atoms with van der Waals surface area (Å²) in [5, 5.41) is 0. The molecule has 0 spiro atoms. The molecule has 3 aromatic rings. The summed E-state index contributed by atoms with van der Waals surface area (Å²) in [5.74, 6) is -2.60. The van der Waals surface area contributed by atoms with E-state index in [4.69, 9.17) is 0 Å². The van der Waals surface area contributed by atoms with Crippen LogP contribution < -0.4 is 5.43 Å². The maximum atomic E-state index is 13.1. The number of amides is 1. The summed E-state index contributed by atoms with van der Waals surface area (Å²) in [6.07, 6.45) is 1.45. The van der Waals surface area contributed by atoms with Crippen LogP contribution in [0.4, 0.5) is 8.78 Å². The van der Waals surface area contributed by atoms with Crippen molar-refractivity contribution in [2.24, 2.45) is 0 Å². The van der Waals surface area contributed by atoms with E-state index in [1.165, 1.54) is 17.1 Å². The van der Waals surface area contributed by atoms with Crippen molar-refractivity contribution in [2.45, 2.75) is 0 Å². The second-order valence-corrected chi connectivity index (χ2v) is 4.17. The van der Waals surface area contributed by atoms with Crippen molar-refractivity contribution in [3.63, 3.8) is 0 Å². The number of carbonyl (C=O) groups is 1. The van der Waals surface area contributed by atoms with Crippen LogP contribution >= 0.6 is 0 Å². The zero-order chi connectivity index (χ0) is 14.1. The van der Waals surface area contributed by atoms with Crippen molar-refractivity contribution >= 4 is 16.9 Å². The van der Waals surface area contributed by atoms with E-state index in [0.29, 0.717) is 5.52 Å². The summed E-state index contributed by atoms with van der Waals surface area (Å²) in [5.41, 5.74) is 4.02. The van der Waals surface area contributed by atoms with E-state index in [-0.39, 0.29) is 5.56 Å². The monoisotopic (exact) mass is 273 g/mol. The number of imidazole rings is 1. The summed E-state index contributed by atoms with van der Waals surface area (Å²) in [4.78, 5) is 16.1. The van der Waals surface area contributed by atoms with E-state index in [9.17, 15) is 13.6 Å². The van der Waals surface area contributed by atoms with E-state index in [2.05, 4.69) is 10.4 Å². The minimum absolute atomic E-state index is 0.0293. The Morgan fingerprint density at radius 1 is 1.10 bits per heavy atom. The molecule has 4 nitrogen and oxygen atoms in total. The van der Waals surface area contributed by atoms with Crippen molar-refractivity contribution in [3.05, 3.63) is 66.0 Å². The molecule has 0 unspecified atom stereocenters. The average molecular weight is 273 g/mol. The van der Waals surface area contributed by atoms with Crippen molar-refractivity contribution < 1.29 is 13.6 Å². The number of aromatic nitrogens is 2. The van der Waals surface area contributed by atoms with E-state index < -0.39 is 17.5 Å². The first-order valence-corrected chi connectivity index (χ1v) is 5.83. The Hall–Kier alpha value is -2.76. The molecule has 2 aromatic carbocycles. The van der Waals surface area contributed by atoms with Gasteiger partial charge in [-0.15, -0.1) is 0 Å². The minimum Gasteiger partial charge on any atom is -0.267 e. The number of nitrogens with zero attached hydrogens (tertiary/aromatic N) is 2. The third-order valence-corrected chi connectivity index (χ3v) is 2.86. The number of hydrogen-bond acceptors (Lipinski definition) is 2. The molecule has 3 rings (SSSR count). The van der Waals surface area contributed by atoms with Crippen LogP contribution in [0.3, 0.4) is 0 Å². The molecule has 0 aliphatic heterocycles. The van der Waals surface area contributed by atoms with Crippen LogP contribution in [-0.4, -0.2) is 15.6 Å². The molecule has 6 heteroatoms. The highest BCUT2D eigenvalue weighted by atomic mass is 19.2. The van der Waals surface area contributed by atoms with Gasteiger partial charge in [0.2, 0.25) is 0 Å². The average Bonchev–Trinajstić information content (AvgIpc) is 2.85. The number of halogens is 2. The van der Waals surface area contributed by atoms with Gasteiger partial charge < -0.3 is 0 Å². The molecule has 20 heavy (non-hydrogen) atoms. The van der Waals surface area contributed by atoms with Crippen LogP contribution in [0.15, 0.2) is 48.8 Å². The van der Waals surface area contributed by atoms with Gasteiger partial charge in [-0.2, -0.15) is 0 Å². The normalized spacial score (nSPS) is 10.7. The quantitative estimate of drug-likeness (QED) is 0.780. The Labute approximate surface area is 112 Å². The summed E-state index contributed by atoms with van der Waals surface area (Å²) >= 11 is 0. The van der Waals surface area contributed by atoms with Gasteiger partial charge in [0.25, 0.3) is 5.91 Å². The van der Waals surface area contributed by atoms with Crippen molar-refractivity contribution in [1.82, 2.24) is 9.66 Å². The van der Waals surface area contributed by atoms with Crippen LogP contribution in [0.5, 0.6) is 0 Å². The molecule has 1 heterocycles. The predicted octanol–water partition coefficient (Wildman–Crippen LogP) is 2.70. The smallest absolute Gasteiger partial charge is 0.267 e. The second kappa shape index (κ2) is 4.73. The predicted molar refractivity (Wildman–Crippen MR) is 69.8 cm³/mol. The molecule has 0 fully saturated rings. The van der Waals surface area contributed by atoms with Gasteiger partial charge in [-0.05, 0) is 30.3 Å². The highest BCUT2D eigenvalue weighted by Crippen LogP contribution is 2.12.